The van der Waals surface area contributed by atoms with Crippen molar-refractivity contribution in [1.29, 1.82) is 0 Å². The topological polar surface area (TPSA) is 52.6 Å². The Morgan fingerprint density at radius 3 is 2.46 bits per heavy atom. The first-order valence-electron chi connectivity index (χ1n) is 7.70. The molecule has 24 heavy (non-hydrogen) atoms. The molecule has 3 rings (SSSR count). The summed E-state index contributed by atoms with van der Waals surface area (Å²) in [5.74, 6) is 0.508. The van der Waals surface area contributed by atoms with Crippen LogP contribution in [-0.2, 0) is 4.79 Å². The molecule has 0 aromatic heterocycles. The molecule has 0 fully saturated rings. The Labute approximate surface area is 140 Å². The van der Waals surface area contributed by atoms with Crippen LogP contribution in [0.5, 0.6) is 11.5 Å². The van der Waals surface area contributed by atoms with Crippen molar-refractivity contribution in [3.05, 3.63) is 65.4 Å². The van der Waals surface area contributed by atoms with Gasteiger partial charge in [-0.1, -0.05) is 30.3 Å². The monoisotopic (exact) mass is 322 g/mol. The number of rotatable bonds is 2. The molecule has 0 saturated carbocycles. The summed E-state index contributed by atoms with van der Waals surface area (Å²) < 4.78 is 11.0. The zero-order valence-electron chi connectivity index (χ0n) is 13.8. The minimum atomic E-state index is -0.603. The Hall–Kier alpha value is -2.88. The summed E-state index contributed by atoms with van der Waals surface area (Å²) in [7, 11) is 0. The van der Waals surface area contributed by atoms with Crippen molar-refractivity contribution < 1.29 is 19.1 Å². The maximum absolute atomic E-state index is 12.4. The van der Waals surface area contributed by atoms with Gasteiger partial charge in [-0.3, -0.25) is 9.59 Å². The van der Waals surface area contributed by atoms with Crippen LogP contribution >= 0.6 is 0 Å². The number of ketones is 1. The summed E-state index contributed by atoms with van der Waals surface area (Å²) in [5, 5.41) is 0. The van der Waals surface area contributed by atoms with E-state index >= 15 is 0 Å². The number of carbonyl (C=O) groups excluding carboxylic acids is 2. The standard InChI is InChI=1S/C20H18O4/c1-20(2,3)19(22)23-14-9-10-15-16(12-14)24-17(18(15)21)11-13-7-5-4-6-8-13/h4-12H,1-3H3. The molecule has 4 nitrogen and oxygen atoms in total. The summed E-state index contributed by atoms with van der Waals surface area (Å²) in [5.41, 5.74) is 0.745. The first-order chi connectivity index (χ1) is 11.3. The number of fused-ring (bicyclic) bond motifs is 1. The SMILES string of the molecule is CC(C)(C)C(=O)Oc1ccc2c(c1)OC(=Cc1ccccc1)C2=O. The number of ether oxygens (including phenoxy) is 2. The molecule has 0 spiro atoms. The summed E-state index contributed by atoms with van der Waals surface area (Å²) in [6.45, 7) is 5.34. The van der Waals surface area contributed by atoms with Gasteiger partial charge in [0.2, 0.25) is 5.78 Å². The molecule has 0 bridgehead atoms. The van der Waals surface area contributed by atoms with E-state index in [-0.39, 0.29) is 17.5 Å². The first-order valence-corrected chi connectivity index (χ1v) is 7.70. The van der Waals surface area contributed by atoms with Gasteiger partial charge in [0.1, 0.15) is 11.5 Å². The van der Waals surface area contributed by atoms with E-state index in [9.17, 15) is 9.59 Å². The lowest BCUT2D eigenvalue weighted by molar-refractivity contribution is -0.142. The summed E-state index contributed by atoms with van der Waals surface area (Å²) in [4.78, 5) is 24.4. The largest absolute Gasteiger partial charge is 0.452 e. The number of carbonyl (C=O) groups is 2. The van der Waals surface area contributed by atoms with Crippen molar-refractivity contribution in [3.63, 3.8) is 0 Å². The van der Waals surface area contributed by atoms with Gasteiger partial charge < -0.3 is 9.47 Å². The number of esters is 1. The summed E-state index contributed by atoms with van der Waals surface area (Å²) in [6.07, 6.45) is 1.70. The van der Waals surface area contributed by atoms with Gasteiger partial charge in [-0.25, -0.2) is 0 Å². The van der Waals surface area contributed by atoms with E-state index < -0.39 is 5.41 Å². The van der Waals surface area contributed by atoms with E-state index in [4.69, 9.17) is 9.47 Å². The lowest BCUT2D eigenvalue weighted by atomic mass is 9.97. The number of allylic oxidation sites excluding steroid dienone is 1. The Balaban J connectivity index is 1.85. The fraction of sp³-hybridized carbons (Fsp3) is 0.200. The zero-order valence-corrected chi connectivity index (χ0v) is 13.8. The molecule has 1 aliphatic rings. The number of Topliss-reactive ketones (excluding diaryl/α,β-unsaturated/α-hetero) is 1. The van der Waals surface area contributed by atoms with Crippen LogP contribution in [0, 0.1) is 5.41 Å². The fourth-order valence-corrected chi connectivity index (χ4v) is 2.19. The van der Waals surface area contributed by atoms with Gasteiger partial charge in [-0.05, 0) is 44.5 Å². The quantitative estimate of drug-likeness (QED) is 0.471. The number of benzene rings is 2. The third kappa shape index (κ3) is 3.23. The third-order valence-electron chi connectivity index (χ3n) is 3.56. The van der Waals surface area contributed by atoms with Crippen molar-refractivity contribution in [2.45, 2.75) is 20.8 Å². The molecule has 0 radical (unpaired) electrons. The number of hydrogen-bond donors (Lipinski definition) is 0. The Morgan fingerprint density at radius 1 is 1.08 bits per heavy atom. The predicted molar refractivity (Wildman–Crippen MR) is 90.9 cm³/mol. The van der Waals surface area contributed by atoms with Gasteiger partial charge >= 0.3 is 5.97 Å². The molecule has 0 N–H and O–H groups in total. The van der Waals surface area contributed by atoms with E-state index in [0.717, 1.165) is 5.56 Å². The van der Waals surface area contributed by atoms with Crippen LogP contribution in [0.2, 0.25) is 0 Å². The van der Waals surface area contributed by atoms with Crippen molar-refractivity contribution in [2.24, 2.45) is 5.41 Å². The van der Waals surface area contributed by atoms with Crippen LogP contribution in [0.4, 0.5) is 0 Å². The second kappa shape index (κ2) is 5.96. The van der Waals surface area contributed by atoms with Crippen molar-refractivity contribution in [3.8, 4) is 11.5 Å². The van der Waals surface area contributed by atoms with Gasteiger partial charge in [0.05, 0.1) is 11.0 Å². The summed E-state index contributed by atoms with van der Waals surface area (Å²) in [6, 6.07) is 14.3. The second-order valence-corrected chi connectivity index (χ2v) is 6.65. The second-order valence-electron chi connectivity index (χ2n) is 6.65. The maximum Gasteiger partial charge on any atom is 0.316 e. The van der Waals surface area contributed by atoms with Crippen molar-refractivity contribution in [1.82, 2.24) is 0 Å². The summed E-state index contributed by atoms with van der Waals surface area (Å²) >= 11 is 0. The Bertz CT molecular complexity index is 826. The van der Waals surface area contributed by atoms with Crippen LogP contribution in [0.1, 0.15) is 36.7 Å². The highest BCUT2D eigenvalue weighted by molar-refractivity contribution is 6.14. The van der Waals surface area contributed by atoms with E-state index in [2.05, 4.69) is 0 Å². The normalized spacial score (nSPS) is 15.1. The highest BCUT2D eigenvalue weighted by atomic mass is 16.5. The van der Waals surface area contributed by atoms with Gasteiger partial charge in [-0.2, -0.15) is 0 Å². The van der Waals surface area contributed by atoms with Crippen molar-refractivity contribution in [2.75, 3.05) is 0 Å². The Kier molecular flexibility index (Phi) is 3.97. The predicted octanol–water partition coefficient (Wildman–Crippen LogP) is 4.25. The molecule has 1 aliphatic heterocycles. The molecular weight excluding hydrogens is 304 g/mol. The molecule has 122 valence electrons. The molecule has 0 saturated heterocycles. The number of hydrogen-bond acceptors (Lipinski definition) is 4. The fourth-order valence-electron chi connectivity index (χ4n) is 2.19. The van der Waals surface area contributed by atoms with Gasteiger partial charge in [0, 0.05) is 6.07 Å². The zero-order chi connectivity index (χ0) is 17.3. The van der Waals surface area contributed by atoms with Gasteiger partial charge in [0.25, 0.3) is 0 Å². The van der Waals surface area contributed by atoms with Crippen LogP contribution in [0.25, 0.3) is 6.08 Å². The smallest absolute Gasteiger partial charge is 0.316 e. The first kappa shape index (κ1) is 16.0. The highest BCUT2D eigenvalue weighted by Crippen LogP contribution is 2.35. The molecule has 0 aliphatic carbocycles. The molecule has 2 aromatic carbocycles. The molecule has 0 amide bonds. The van der Waals surface area contributed by atoms with E-state index in [0.29, 0.717) is 17.1 Å². The van der Waals surface area contributed by atoms with Crippen LogP contribution in [0.3, 0.4) is 0 Å². The molecule has 4 heteroatoms. The molecule has 1 heterocycles. The maximum atomic E-state index is 12.4. The molecular formula is C20H18O4. The van der Waals surface area contributed by atoms with Gasteiger partial charge in [0.15, 0.2) is 5.76 Å². The highest BCUT2D eigenvalue weighted by Gasteiger charge is 2.29. The molecule has 2 aromatic rings. The Morgan fingerprint density at radius 2 is 1.79 bits per heavy atom. The molecule has 0 unspecified atom stereocenters. The van der Waals surface area contributed by atoms with Crippen LogP contribution < -0.4 is 9.47 Å². The minimum absolute atomic E-state index is 0.178. The van der Waals surface area contributed by atoms with E-state index in [1.165, 1.54) is 0 Å². The average Bonchev–Trinajstić information content (AvgIpc) is 2.83. The van der Waals surface area contributed by atoms with Crippen molar-refractivity contribution >= 4 is 17.8 Å². The lowest BCUT2D eigenvalue weighted by Crippen LogP contribution is -2.25. The van der Waals surface area contributed by atoms with Crippen LogP contribution in [0.15, 0.2) is 54.3 Å². The molecule has 0 atom stereocenters. The van der Waals surface area contributed by atoms with Crippen LogP contribution in [-0.4, -0.2) is 11.8 Å². The minimum Gasteiger partial charge on any atom is -0.452 e. The van der Waals surface area contributed by atoms with Gasteiger partial charge in [-0.15, -0.1) is 0 Å². The van der Waals surface area contributed by atoms with E-state index in [1.54, 1.807) is 45.0 Å². The average molecular weight is 322 g/mol. The third-order valence-corrected chi connectivity index (χ3v) is 3.56. The van der Waals surface area contributed by atoms with E-state index in [1.807, 2.05) is 30.3 Å². The lowest BCUT2D eigenvalue weighted by Gasteiger charge is -2.16.